The van der Waals surface area contributed by atoms with E-state index in [9.17, 15) is 9.59 Å². The molecule has 1 amide bonds. The number of amides is 1. The summed E-state index contributed by atoms with van der Waals surface area (Å²) in [5.41, 5.74) is 0. The third-order valence-corrected chi connectivity index (χ3v) is 4.40. The molecule has 1 N–H and O–H groups in total. The zero-order chi connectivity index (χ0) is 14.5. The number of likely N-dealkylation sites (tertiary alicyclic amines) is 1. The highest BCUT2D eigenvalue weighted by atomic mass is 35.5. The normalized spacial score (nSPS) is 26.9. The highest BCUT2D eigenvalue weighted by Crippen LogP contribution is 2.24. The van der Waals surface area contributed by atoms with Crippen molar-refractivity contribution in [2.45, 2.75) is 45.6 Å². The highest BCUT2D eigenvalue weighted by molar-refractivity contribution is 5.85. The third kappa shape index (κ3) is 4.85. The fraction of sp³-hybridized carbons (Fsp3) is 0.867. The molecule has 2 heterocycles. The molecular weight excluding hydrogens is 292 g/mol. The Bertz CT molecular complexity index is 357. The van der Waals surface area contributed by atoms with Gasteiger partial charge in [0.2, 0.25) is 5.91 Å². The highest BCUT2D eigenvalue weighted by Gasteiger charge is 2.32. The molecule has 5 nitrogen and oxygen atoms in total. The summed E-state index contributed by atoms with van der Waals surface area (Å²) < 4.78 is 5.06. The van der Waals surface area contributed by atoms with E-state index in [-0.39, 0.29) is 36.1 Å². The predicted molar refractivity (Wildman–Crippen MR) is 83.4 cm³/mol. The van der Waals surface area contributed by atoms with E-state index in [1.807, 2.05) is 11.8 Å². The summed E-state index contributed by atoms with van der Waals surface area (Å²) in [5, 5.41) is 3.37. The fourth-order valence-electron chi connectivity index (χ4n) is 3.21. The lowest BCUT2D eigenvalue weighted by Crippen LogP contribution is -2.47. The molecule has 0 bridgehead atoms. The lowest BCUT2D eigenvalue weighted by atomic mass is 9.90. The van der Waals surface area contributed by atoms with Crippen molar-refractivity contribution in [1.29, 1.82) is 0 Å². The minimum Gasteiger partial charge on any atom is -0.466 e. The molecule has 0 aromatic rings. The van der Waals surface area contributed by atoms with Gasteiger partial charge in [-0.15, -0.1) is 12.4 Å². The van der Waals surface area contributed by atoms with Crippen molar-refractivity contribution in [3.8, 4) is 0 Å². The minimum absolute atomic E-state index is 0. The Morgan fingerprint density at radius 1 is 1.19 bits per heavy atom. The first-order chi connectivity index (χ1) is 9.61. The maximum atomic E-state index is 12.5. The van der Waals surface area contributed by atoms with Crippen molar-refractivity contribution in [3.05, 3.63) is 0 Å². The summed E-state index contributed by atoms with van der Waals surface area (Å²) in [6.45, 7) is 6.71. The first-order valence-corrected chi connectivity index (χ1v) is 7.80. The molecule has 0 spiro atoms. The van der Waals surface area contributed by atoms with Gasteiger partial charge < -0.3 is 15.0 Å². The summed E-state index contributed by atoms with van der Waals surface area (Å²) >= 11 is 0. The van der Waals surface area contributed by atoms with Gasteiger partial charge in [0.1, 0.15) is 0 Å². The van der Waals surface area contributed by atoms with E-state index in [2.05, 4.69) is 12.2 Å². The van der Waals surface area contributed by atoms with Crippen LogP contribution in [0.15, 0.2) is 0 Å². The van der Waals surface area contributed by atoms with Crippen LogP contribution in [0.1, 0.15) is 39.5 Å². The maximum Gasteiger partial charge on any atom is 0.309 e. The van der Waals surface area contributed by atoms with E-state index in [4.69, 9.17) is 4.74 Å². The van der Waals surface area contributed by atoms with Crippen LogP contribution in [0, 0.1) is 11.8 Å². The van der Waals surface area contributed by atoms with Gasteiger partial charge in [0.15, 0.2) is 0 Å². The van der Waals surface area contributed by atoms with Gasteiger partial charge in [0.05, 0.1) is 12.5 Å². The van der Waals surface area contributed by atoms with Gasteiger partial charge in [-0.3, -0.25) is 9.59 Å². The molecule has 2 saturated heterocycles. The van der Waals surface area contributed by atoms with E-state index in [0.717, 1.165) is 32.2 Å². The van der Waals surface area contributed by atoms with Crippen LogP contribution in [0.5, 0.6) is 0 Å². The molecule has 0 unspecified atom stereocenters. The second-order valence-corrected chi connectivity index (χ2v) is 5.93. The smallest absolute Gasteiger partial charge is 0.309 e. The van der Waals surface area contributed by atoms with E-state index in [1.165, 1.54) is 0 Å². The molecule has 2 atom stereocenters. The Labute approximate surface area is 133 Å². The summed E-state index contributed by atoms with van der Waals surface area (Å²) in [7, 11) is 0. The van der Waals surface area contributed by atoms with Gasteiger partial charge >= 0.3 is 5.97 Å². The van der Waals surface area contributed by atoms with Crippen LogP contribution in [0.25, 0.3) is 0 Å². The number of hydrogen-bond donors (Lipinski definition) is 1. The molecule has 0 aromatic carbocycles. The number of nitrogens with zero attached hydrogens (tertiary/aromatic N) is 1. The Morgan fingerprint density at radius 3 is 2.43 bits per heavy atom. The number of piperidine rings is 2. The number of carbonyl (C=O) groups excluding carboxylic acids is 2. The molecule has 21 heavy (non-hydrogen) atoms. The maximum absolute atomic E-state index is 12.5. The average Bonchev–Trinajstić information content (AvgIpc) is 2.47. The lowest BCUT2D eigenvalue weighted by Gasteiger charge is -2.35. The second kappa shape index (κ2) is 8.59. The standard InChI is InChI=1S/C15H26N2O3.ClH/c1-3-20-15(19)12-5-8-17(9-6-12)14(18)13-4-7-16-11(2)10-13;/h11-13,16H,3-10H2,1-2H3;1H/t11-,13-;/m0./s1. The molecule has 122 valence electrons. The zero-order valence-corrected chi connectivity index (χ0v) is 13.8. The van der Waals surface area contributed by atoms with E-state index >= 15 is 0 Å². The van der Waals surface area contributed by atoms with Crippen LogP contribution in [-0.2, 0) is 14.3 Å². The van der Waals surface area contributed by atoms with Crippen molar-refractivity contribution in [2.75, 3.05) is 26.2 Å². The molecule has 0 aromatic heterocycles. The quantitative estimate of drug-likeness (QED) is 0.803. The third-order valence-electron chi connectivity index (χ3n) is 4.40. The zero-order valence-electron chi connectivity index (χ0n) is 13.0. The number of carbonyl (C=O) groups is 2. The number of rotatable bonds is 3. The van der Waals surface area contributed by atoms with Gasteiger partial charge in [-0.25, -0.2) is 0 Å². The van der Waals surface area contributed by atoms with Crippen LogP contribution < -0.4 is 5.32 Å². The molecule has 2 fully saturated rings. The average molecular weight is 319 g/mol. The monoisotopic (exact) mass is 318 g/mol. The summed E-state index contributed by atoms with van der Waals surface area (Å²) in [6, 6.07) is 0.426. The Balaban J connectivity index is 0.00000220. The van der Waals surface area contributed by atoms with Crippen molar-refractivity contribution >= 4 is 24.3 Å². The predicted octanol–water partition coefficient (Wildman–Crippen LogP) is 1.60. The molecule has 0 saturated carbocycles. The van der Waals surface area contributed by atoms with Crippen LogP contribution in [0.3, 0.4) is 0 Å². The number of esters is 1. The Kier molecular flexibility index (Phi) is 7.46. The molecule has 2 aliphatic rings. The summed E-state index contributed by atoms with van der Waals surface area (Å²) in [5.74, 6) is 0.312. The van der Waals surface area contributed by atoms with E-state index < -0.39 is 0 Å². The minimum atomic E-state index is -0.102. The van der Waals surface area contributed by atoms with Gasteiger partial charge in [-0.05, 0) is 46.1 Å². The van der Waals surface area contributed by atoms with Crippen LogP contribution in [0.4, 0.5) is 0 Å². The molecule has 2 rings (SSSR count). The van der Waals surface area contributed by atoms with Crippen LogP contribution in [-0.4, -0.2) is 49.1 Å². The Morgan fingerprint density at radius 2 is 1.86 bits per heavy atom. The first kappa shape index (κ1) is 18.2. The first-order valence-electron chi connectivity index (χ1n) is 7.80. The molecule has 0 radical (unpaired) electrons. The van der Waals surface area contributed by atoms with E-state index in [0.29, 0.717) is 25.7 Å². The molecule has 2 aliphatic heterocycles. The summed E-state index contributed by atoms with van der Waals surface area (Å²) in [6.07, 6.45) is 3.34. The van der Waals surface area contributed by atoms with E-state index in [1.54, 1.807) is 0 Å². The largest absolute Gasteiger partial charge is 0.466 e. The fourth-order valence-corrected chi connectivity index (χ4v) is 3.21. The van der Waals surface area contributed by atoms with Crippen LogP contribution in [0.2, 0.25) is 0 Å². The molecule has 6 heteroatoms. The number of ether oxygens (including phenoxy) is 1. The molecule has 0 aliphatic carbocycles. The van der Waals surface area contributed by atoms with Crippen molar-refractivity contribution < 1.29 is 14.3 Å². The van der Waals surface area contributed by atoms with Gasteiger partial charge in [-0.1, -0.05) is 0 Å². The van der Waals surface area contributed by atoms with Crippen LogP contribution >= 0.6 is 12.4 Å². The lowest BCUT2D eigenvalue weighted by molar-refractivity contribution is -0.152. The number of halogens is 1. The van der Waals surface area contributed by atoms with Gasteiger partial charge in [0, 0.05) is 25.0 Å². The summed E-state index contributed by atoms with van der Waals surface area (Å²) in [4.78, 5) is 26.1. The van der Waals surface area contributed by atoms with Crippen molar-refractivity contribution in [1.82, 2.24) is 10.2 Å². The van der Waals surface area contributed by atoms with Crippen molar-refractivity contribution in [3.63, 3.8) is 0 Å². The number of hydrogen-bond acceptors (Lipinski definition) is 4. The van der Waals surface area contributed by atoms with Gasteiger partial charge in [-0.2, -0.15) is 0 Å². The second-order valence-electron chi connectivity index (χ2n) is 5.93. The van der Waals surface area contributed by atoms with Gasteiger partial charge in [0.25, 0.3) is 0 Å². The molecular formula is C15H27ClN2O3. The Hall–Kier alpha value is -0.810. The van der Waals surface area contributed by atoms with Crippen molar-refractivity contribution in [2.24, 2.45) is 11.8 Å². The number of nitrogens with one attached hydrogen (secondary N) is 1. The topological polar surface area (TPSA) is 58.6 Å². The SMILES string of the molecule is CCOC(=O)C1CCN(C(=O)[C@H]2CCN[C@@H](C)C2)CC1.Cl.